The third-order valence-electron chi connectivity index (χ3n) is 5.71. The van der Waals surface area contributed by atoms with Crippen molar-refractivity contribution in [2.45, 2.75) is 43.0 Å². The summed E-state index contributed by atoms with van der Waals surface area (Å²) < 4.78 is 40.4. The number of hydrogen-bond acceptors (Lipinski definition) is 4. The molecular formula is C22H24FN3O4S. The molecule has 0 bridgehead atoms. The van der Waals surface area contributed by atoms with Crippen molar-refractivity contribution in [1.29, 1.82) is 0 Å². The number of piperidine rings is 1. The zero-order valence-corrected chi connectivity index (χ0v) is 17.8. The van der Waals surface area contributed by atoms with Crippen molar-refractivity contribution in [2.75, 3.05) is 18.4 Å². The Hall–Kier alpha value is -2.78. The van der Waals surface area contributed by atoms with E-state index in [4.69, 9.17) is 0 Å². The van der Waals surface area contributed by atoms with Crippen molar-refractivity contribution >= 4 is 27.5 Å². The monoisotopic (exact) mass is 445 g/mol. The number of amides is 2. The molecule has 9 heteroatoms. The van der Waals surface area contributed by atoms with E-state index >= 15 is 0 Å². The molecule has 1 saturated heterocycles. The molecule has 0 unspecified atom stereocenters. The minimum Gasteiger partial charge on any atom is -0.351 e. The molecule has 0 radical (unpaired) electrons. The van der Waals surface area contributed by atoms with E-state index in [1.165, 1.54) is 22.5 Å². The molecule has 2 aromatic rings. The van der Waals surface area contributed by atoms with Gasteiger partial charge in [0.15, 0.2) is 0 Å². The lowest BCUT2D eigenvalue weighted by Crippen LogP contribution is -2.35. The molecule has 4 rings (SSSR count). The van der Waals surface area contributed by atoms with Crippen LogP contribution in [-0.4, -0.2) is 37.6 Å². The van der Waals surface area contributed by atoms with Gasteiger partial charge in [-0.1, -0.05) is 24.6 Å². The summed E-state index contributed by atoms with van der Waals surface area (Å²) in [5.41, 5.74) is 1.62. The lowest BCUT2D eigenvalue weighted by Gasteiger charge is -2.26. The molecule has 2 aromatic carbocycles. The number of benzene rings is 2. The Labute approximate surface area is 180 Å². The Kier molecular flexibility index (Phi) is 6.06. The van der Waals surface area contributed by atoms with Crippen molar-refractivity contribution in [3.63, 3.8) is 0 Å². The van der Waals surface area contributed by atoms with E-state index in [0.29, 0.717) is 24.3 Å². The predicted molar refractivity (Wildman–Crippen MR) is 113 cm³/mol. The lowest BCUT2D eigenvalue weighted by atomic mass is 9.89. The van der Waals surface area contributed by atoms with Crippen molar-refractivity contribution in [3.8, 4) is 0 Å². The van der Waals surface area contributed by atoms with E-state index in [1.54, 1.807) is 24.3 Å². The summed E-state index contributed by atoms with van der Waals surface area (Å²) in [6.07, 6.45) is 2.78. The number of nitrogens with zero attached hydrogens (tertiary/aromatic N) is 1. The summed E-state index contributed by atoms with van der Waals surface area (Å²) in [5, 5.41) is 5.38. The van der Waals surface area contributed by atoms with Gasteiger partial charge in [-0.3, -0.25) is 9.59 Å². The summed E-state index contributed by atoms with van der Waals surface area (Å²) in [4.78, 5) is 24.9. The van der Waals surface area contributed by atoms with Crippen molar-refractivity contribution in [2.24, 2.45) is 0 Å². The smallest absolute Gasteiger partial charge is 0.243 e. The highest BCUT2D eigenvalue weighted by molar-refractivity contribution is 7.89. The Balaban J connectivity index is 1.42. The number of rotatable bonds is 5. The second-order valence-corrected chi connectivity index (χ2v) is 9.80. The zero-order chi connectivity index (χ0) is 22.0. The van der Waals surface area contributed by atoms with E-state index in [2.05, 4.69) is 10.6 Å². The number of halogens is 1. The Morgan fingerprint density at radius 2 is 1.81 bits per heavy atom. The normalized spacial score (nSPS) is 19.4. The van der Waals surface area contributed by atoms with Gasteiger partial charge in [0.1, 0.15) is 5.82 Å². The van der Waals surface area contributed by atoms with Crippen molar-refractivity contribution in [1.82, 2.24) is 9.62 Å². The number of anilines is 1. The van der Waals surface area contributed by atoms with Crippen LogP contribution < -0.4 is 10.6 Å². The van der Waals surface area contributed by atoms with Gasteiger partial charge in [0.25, 0.3) is 0 Å². The van der Waals surface area contributed by atoms with E-state index < -0.39 is 21.8 Å². The molecule has 0 saturated carbocycles. The maximum Gasteiger partial charge on any atom is 0.243 e. The first-order chi connectivity index (χ1) is 14.8. The van der Waals surface area contributed by atoms with Gasteiger partial charge in [0, 0.05) is 31.7 Å². The van der Waals surface area contributed by atoms with Gasteiger partial charge >= 0.3 is 0 Å². The number of carbonyl (C=O) groups excluding carboxylic acids is 2. The maximum atomic E-state index is 13.5. The second kappa shape index (κ2) is 8.76. The highest BCUT2D eigenvalue weighted by atomic mass is 32.2. The standard InChI is InChI=1S/C22H24FN3O4S/c23-16-6-9-18-19(13-21(27)25-20(18)12-16)22(28)24-14-15-4-7-17(8-5-15)31(29,30)26-10-2-1-3-11-26/h4-9,12,19H,1-3,10-11,13-14H2,(H,24,28)(H,25,27)/t19-/m0/s1. The van der Waals surface area contributed by atoms with E-state index in [9.17, 15) is 22.4 Å². The summed E-state index contributed by atoms with van der Waals surface area (Å²) in [6.45, 7) is 1.28. The molecule has 0 aromatic heterocycles. The molecule has 1 atom stereocenters. The lowest BCUT2D eigenvalue weighted by molar-refractivity contribution is -0.126. The molecule has 2 aliphatic rings. The number of carbonyl (C=O) groups is 2. The molecular weight excluding hydrogens is 421 g/mol. The molecule has 0 spiro atoms. The highest BCUT2D eigenvalue weighted by Gasteiger charge is 2.31. The molecule has 2 amide bonds. The van der Waals surface area contributed by atoms with E-state index in [0.717, 1.165) is 24.8 Å². The molecule has 2 heterocycles. The largest absolute Gasteiger partial charge is 0.351 e. The second-order valence-electron chi connectivity index (χ2n) is 7.86. The molecule has 2 aliphatic heterocycles. The van der Waals surface area contributed by atoms with Gasteiger partial charge in [0.2, 0.25) is 21.8 Å². The Bertz CT molecular complexity index is 1100. The fourth-order valence-electron chi connectivity index (χ4n) is 4.02. The zero-order valence-electron chi connectivity index (χ0n) is 16.9. The highest BCUT2D eigenvalue weighted by Crippen LogP contribution is 2.33. The minimum atomic E-state index is -3.50. The first-order valence-corrected chi connectivity index (χ1v) is 11.7. The van der Waals surface area contributed by atoms with Crippen LogP contribution in [0.4, 0.5) is 10.1 Å². The van der Waals surface area contributed by atoms with Gasteiger partial charge in [0.05, 0.1) is 10.8 Å². The first kappa shape index (κ1) is 21.5. The quantitative estimate of drug-likeness (QED) is 0.740. The Morgan fingerprint density at radius 3 is 2.52 bits per heavy atom. The SMILES string of the molecule is O=C1C[C@H](C(=O)NCc2ccc(S(=O)(=O)N3CCCCC3)cc2)c2ccc(F)cc2N1. The molecule has 1 fully saturated rings. The van der Waals surface area contributed by atoms with Crippen molar-refractivity contribution < 1.29 is 22.4 Å². The number of fused-ring (bicyclic) bond motifs is 1. The minimum absolute atomic E-state index is 0.0164. The predicted octanol–water partition coefficient (Wildman–Crippen LogP) is 2.74. The Morgan fingerprint density at radius 1 is 1.10 bits per heavy atom. The van der Waals surface area contributed by atoms with Gasteiger partial charge < -0.3 is 10.6 Å². The van der Waals surface area contributed by atoms with Gasteiger partial charge in [-0.2, -0.15) is 4.31 Å². The summed E-state index contributed by atoms with van der Waals surface area (Å²) >= 11 is 0. The first-order valence-electron chi connectivity index (χ1n) is 10.3. The third-order valence-corrected chi connectivity index (χ3v) is 7.63. The average molecular weight is 446 g/mol. The molecule has 164 valence electrons. The molecule has 0 aliphatic carbocycles. The van der Waals surface area contributed by atoms with Crippen LogP contribution in [-0.2, 0) is 26.2 Å². The van der Waals surface area contributed by atoms with Crippen LogP contribution in [0.15, 0.2) is 47.4 Å². The van der Waals surface area contributed by atoms with Crippen LogP contribution in [0.2, 0.25) is 0 Å². The third kappa shape index (κ3) is 4.62. The number of nitrogens with one attached hydrogen (secondary N) is 2. The topological polar surface area (TPSA) is 95.6 Å². The van der Waals surface area contributed by atoms with Gasteiger partial charge in [-0.25, -0.2) is 12.8 Å². The average Bonchev–Trinajstić information content (AvgIpc) is 2.77. The summed E-state index contributed by atoms with van der Waals surface area (Å²) in [6, 6.07) is 10.4. The molecule has 7 nitrogen and oxygen atoms in total. The maximum absolute atomic E-state index is 13.5. The van der Waals surface area contributed by atoms with Crippen LogP contribution in [0, 0.1) is 5.82 Å². The number of sulfonamides is 1. The van der Waals surface area contributed by atoms with Gasteiger partial charge in [-0.15, -0.1) is 0 Å². The summed E-state index contributed by atoms with van der Waals surface area (Å²) in [7, 11) is -3.50. The van der Waals surface area contributed by atoms with Crippen LogP contribution in [0.3, 0.4) is 0 Å². The molecule has 2 N–H and O–H groups in total. The van der Waals surface area contributed by atoms with E-state index in [-0.39, 0.29) is 29.7 Å². The van der Waals surface area contributed by atoms with Crippen molar-refractivity contribution in [3.05, 3.63) is 59.4 Å². The van der Waals surface area contributed by atoms with E-state index in [1.807, 2.05) is 0 Å². The number of hydrogen-bond donors (Lipinski definition) is 2. The molecule has 31 heavy (non-hydrogen) atoms. The van der Waals surface area contributed by atoms with Crippen LogP contribution in [0.25, 0.3) is 0 Å². The fourth-order valence-corrected chi connectivity index (χ4v) is 5.53. The van der Waals surface area contributed by atoms with Crippen LogP contribution in [0.5, 0.6) is 0 Å². The van der Waals surface area contributed by atoms with Crippen LogP contribution >= 0.6 is 0 Å². The fraction of sp³-hybridized carbons (Fsp3) is 0.364. The van der Waals surface area contributed by atoms with Crippen LogP contribution in [0.1, 0.15) is 42.7 Å². The van der Waals surface area contributed by atoms with Gasteiger partial charge in [-0.05, 0) is 48.2 Å². The summed E-state index contributed by atoms with van der Waals surface area (Å²) in [5.74, 6) is -1.87.